The largest absolute Gasteiger partial charge is 0.445 e. The smallest absolute Gasteiger partial charge is 0.407 e. The van der Waals surface area contributed by atoms with Crippen LogP contribution in [0, 0.1) is 0 Å². The van der Waals surface area contributed by atoms with Crippen LogP contribution in [-0.2, 0) is 11.3 Å². The highest BCUT2D eigenvalue weighted by molar-refractivity contribution is 7.99. The second-order valence-electron chi connectivity index (χ2n) is 5.84. The number of hydrogen-bond acceptors (Lipinski definition) is 3. The van der Waals surface area contributed by atoms with Gasteiger partial charge in [0.15, 0.2) is 0 Å². The molecule has 0 saturated carbocycles. The van der Waals surface area contributed by atoms with Crippen molar-refractivity contribution in [2.45, 2.75) is 30.4 Å². The van der Waals surface area contributed by atoms with Gasteiger partial charge in [-0.15, -0.1) is 18.3 Å². The summed E-state index contributed by atoms with van der Waals surface area (Å²) in [5.41, 5.74) is 0.562. The molecule has 1 amide bonds. The summed E-state index contributed by atoms with van der Waals surface area (Å²) >= 11 is 1.71. The first-order valence-electron chi connectivity index (χ1n) is 7.89. The van der Waals surface area contributed by atoms with E-state index >= 15 is 0 Å². The molecule has 0 aliphatic rings. The maximum atomic E-state index is 12.1. The first kappa shape index (κ1) is 18.1. The molecule has 3 nitrogen and oxygen atoms in total. The first-order valence-corrected chi connectivity index (χ1v) is 8.87. The van der Waals surface area contributed by atoms with Gasteiger partial charge in [-0.1, -0.05) is 54.6 Å². The number of benzene rings is 2. The van der Waals surface area contributed by atoms with Crippen molar-refractivity contribution in [3.05, 3.63) is 78.9 Å². The molecule has 2 rings (SSSR count). The molecule has 0 unspecified atom stereocenters. The normalized spacial score (nSPS) is 12.9. The summed E-state index contributed by atoms with van der Waals surface area (Å²) in [4.78, 5) is 13.3. The van der Waals surface area contributed by atoms with E-state index in [9.17, 15) is 4.79 Å². The lowest BCUT2D eigenvalue weighted by Crippen LogP contribution is -2.47. The summed E-state index contributed by atoms with van der Waals surface area (Å²) in [7, 11) is 0. The zero-order valence-corrected chi connectivity index (χ0v) is 14.7. The van der Waals surface area contributed by atoms with Crippen LogP contribution in [0.25, 0.3) is 0 Å². The summed E-state index contributed by atoms with van der Waals surface area (Å²) < 4.78 is 5.33. The molecule has 126 valence electrons. The highest BCUT2D eigenvalue weighted by atomic mass is 32.2. The Hall–Kier alpha value is -2.20. The minimum atomic E-state index is -0.407. The second kappa shape index (κ2) is 9.18. The van der Waals surface area contributed by atoms with Crippen LogP contribution >= 0.6 is 11.8 Å². The van der Waals surface area contributed by atoms with Gasteiger partial charge in [-0.3, -0.25) is 0 Å². The second-order valence-corrected chi connectivity index (χ2v) is 6.89. The number of alkyl carbamates (subject to hydrolysis) is 1. The van der Waals surface area contributed by atoms with Crippen molar-refractivity contribution in [3.8, 4) is 0 Å². The van der Waals surface area contributed by atoms with Gasteiger partial charge >= 0.3 is 6.09 Å². The number of ether oxygens (including phenoxy) is 1. The third kappa shape index (κ3) is 6.13. The van der Waals surface area contributed by atoms with E-state index in [4.69, 9.17) is 4.74 Å². The Morgan fingerprint density at radius 3 is 2.42 bits per heavy atom. The maximum Gasteiger partial charge on any atom is 0.407 e. The van der Waals surface area contributed by atoms with Gasteiger partial charge in [0.25, 0.3) is 0 Å². The Morgan fingerprint density at radius 2 is 1.79 bits per heavy atom. The van der Waals surface area contributed by atoms with E-state index in [1.54, 1.807) is 11.8 Å². The zero-order valence-electron chi connectivity index (χ0n) is 13.9. The fourth-order valence-corrected chi connectivity index (χ4v) is 3.25. The number of carbonyl (C=O) groups is 1. The van der Waals surface area contributed by atoms with Crippen LogP contribution in [0.5, 0.6) is 0 Å². The van der Waals surface area contributed by atoms with Crippen molar-refractivity contribution in [1.29, 1.82) is 0 Å². The van der Waals surface area contributed by atoms with Crippen LogP contribution in [-0.4, -0.2) is 17.4 Å². The lowest BCUT2D eigenvalue weighted by atomic mass is 10.0. The maximum absolute atomic E-state index is 12.1. The topological polar surface area (TPSA) is 38.3 Å². The van der Waals surface area contributed by atoms with Crippen LogP contribution in [0.1, 0.15) is 18.9 Å². The third-order valence-electron chi connectivity index (χ3n) is 3.51. The van der Waals surface area contributed by atoms with E-state index in [0.717, 1.165) is 11.3 Å². The van der Waals surface area contributed by atoms with E-state index in [1.165, 1.54) is 4.90 Å². The Kier molecular flexibility index (Phi) is 6.94. The van der Waals surface area contributed by atoms with Gasteiger partial charge < -0.3 is 10.1 Å². The SMILES string of the molecule is C=CC[C@@](C)(CSc1ccccc1)NC(=O)OCc1ccccc1. The molecular formula is C20H23NO2S. The number of nitrogens with one attached hydrogen (secondary N) is 1. The summed E-state index contributed by atoms with van der Waals surface area (Å²) in [6.45, 7) is 6.08. The number of thioether (sulfide) groups is 1. The van der Waals surface area contributed by atoms with Crippen molar-refractivity contribution in [3.63, 3.8) is 0 Å². The molecule has 24 heavy (non-hydrogen) atoms. The molecule has 2 aromatic rings. The number of hydrogen-bond donors (Lipinski definition) is 1. The Morgan fingerprint density at radius 1 is 1.17 bits per heavy atom. The number of carbonyl (C=O) groups excluding carboxylic acids is 1. The molecule has 0 heterocycles. The van der Waals surface area contributed by atoms with Gasteiger partial charge in [0.1, 0.15) is 6.61 Å². The first-order chi connectivity index (χ1) is 11.6. The zero-order chi connectivity index (χ0) is 17.3. The van der Waals surface area contributed by atoms with Gasteiger partial charge in [0, 0.05) is 10.6 Å². The number of rotatable bonds is 8. The summed E-state index contributed by atoms with van der Waals surface area (Å²) in [6, 6.07) is 19.8. The molecule has 0 aliphatic carbocycles. The fourth-order valence-electron chi connectivity index (χ4n) is 2.23. The van der Waals surface area contributed by atoms with Crippen LogP contribution in [0.4, 0.5) is 4.79 Å². The summed E-state index contributed by atoms with van der Waals surface area (Å²) in [6.07, 6.45) is 2.09. The van der Waals surface area contributed by atoms with Gasteiger partial charge in [-0.25, -0.2) is 4.79 Å². The van der Waals surface area contributed by atoms with E-state index in [2.05, 4.69) is 24.0 Å². The average molecular weight is 341 g/mol. The van der Waals surface area contributed by atoms with Gasteiger partial charge in [0.05, 0.1) is 5.54 Å². The molecule has 0 fully saturated rings. The molecule has 1 N–H and O–H groups in total. The van der Waals surface area contributed by atoms with E-state index in [1.807, 2.05) is 61.5 Å². The van der Waals surface area contributed by atoms with Crippen LogP contribution < -0.4 is 5.32 Å². The highest BCUT2D eigenvalue weighted by Gasteiger charge is 2.26. The molecule has 0 radical (unpaired) electrons. The van der Waals surface area contributed by atoms with Crippen molar-refractivity contribution in [1.82, 2.24) is 5.32 Å². The van der Waals surface area contributed by atoms with Gasteiger partial charge in [-0.05, 0) is 31.0 Å². The monoisotopic (exact) mass is 341 g/mol. The molecule has 1 atom stereocenters. The van der Waals surface area contributed by atoms with Gasteiger partial charge in [-0.2, -0.15) is 0 Å². The predicted molar refractivity (Wildman–Crippen MR) is 100 cm³/mol. The average Bonchev–Trinajstić information content (AvgIpc) is 2.60. The lowest BCUT2D eigenvalue weighted by molar-refractivity contribution is 0.130. The minimum absolute atomic E-state index is 0.267. The lowest BCUT2D eigenvalue weighted by Gasteiger charge is -2.29. The molecular weight excluding hydrogens is 318 g/mol. The number of amides is 1. The van der Waals surface area contributed by atoms with Crippen molar-refractivity contribution >= 4 is 17.9 Å². The van der Waals surface area contributed by atoms with Crippen LogP contribution in [0.15, 0.2) is 78.2 Å². The quantitative estimate of drug-likeness (QED) is 0.540. The molecule has 0 aromatic heterocycles. The fraction of sp³-hybridized carbons (Fsp3) is 0.250. The van der Waals surface area contributed by atoms with Crippen LogP contribution in [0.2, 0.25) is 0 Å². The van der Waals surface area contributed by atoms with E-state index in [0.29, 0.717) is 6.42 Å². The Bertz CT molecular complexity index is 645. The van der Waals surface area contributed by atoms with E-state index in [-0.39, 0.29) is 6.61 Å². The van der Waals surface area contributed by atoms with Crippen LogP contribution in [0.3, 0.4) is 0 Å². The molecule has 0 spiro atoms. The van der Waals surface area contributed by atoms with E-state index < -0.39 is 11.6 Å². The molecule has 4 heteroatoms. The molecule has 0 bridgehead atoms. The Labute approximate surface area is 148 Å². The molecule has 2 aromatic carbocycles. The third-order valence-corrected chi connectivity index (χ3v) is 4.90. The standard InChI is InChI=1S/C20H23NO2S/c1-3-14-20(2,16-24-18-12-8-5-9-13-18)21-19(22)23-15-17-10-6-4-7-11-17/h3-13H,1,14-16H2,2H3,(H,21,22)/t20-/m0/s1. The van der Waals surface area contributed by atoms with Crippen molar-refractivity contribution in [2.24, 2.45) is 0 Å². The van der Waals surface area contributed by atoms with Gasteiger partial charge in [0.2, 0.25) is 0 Å². The Balaban J connectivity index is 1.88. The van der Waals surface area contributed by atoms with Crippen molar-refractivity contribution in [2.75, 3.05) is 5.75 Å². The molecule has 0 aliphatic heterocycles. The molecule has 0 saturated heterocycles. The predicted octanol–water partition coefficient (Wildman–Crippen LogP) is 5.04. The minimum Gasteiger partial charge on any atom is -0.445 e. The summed E-state index contributed by atoms with van der Waals surface area (Å²) in [5.74, 6) is 0.740. The summed E-state index contributed by atoms with van der Waals surface area (Å²) in [5, 5.41) is 2.98. The van der Waals surface area contributed by atoms with Crippen molar-refractivity contribution < 1.29 is 9.53 Å². The highest BCUT2D eigenvalue weighted by Crippen LogP contribution is 2.24.